The van der Waals surface area contributed by atoms with Gasteiger partial charge in [0.1, 0.15) is 24.5 Å². The summed E-state index contributed by atoms with van der Waals surface area (Å²) in [7, 11) is 0. The van der Waals surface area contributed by atoms with Gasteiger partial charge in [-0.2, -0.15) is 0 Å². The molecular weight excluding hydrogens is 525 g/mol. The quantitative estimate of drug-likeness (QED) is 0.305. The molecule has 1 saturated heterocycles. The summed E-state index contributed by atoms with van der Waals surface area (Å²) in [5, 5.41) is 2.64. The van der Waals surface area contributed by atoms with Gasteiger partial charge in [-0.15, -0.1) is 0 Å². The van der Waals surface area contributed by atoms with Gasteiger partial charge in [0.05, 0.1) is 0 Å². The maximum absolute atomic E-state index is 11.9. The van der Waals surface area contributed by atoms with Crippen molar-refractivity contribution in [2.75, 3.05) is 6.61 Å². The van der Waals surface area contributed by atoms with Gasteiger partial charge in [0, 0.05) is 31.3 Å². The van der Waals surface area contributed by atoms with Crippen molar-refractivity contribution in [3.05, 3.63) is 27.8 Å². The number of nitrogens with one attached hydrogen (secondary N) is 1. The molecule has 0 bridgehead atoms. The fourth-order valence-electron chi connectivity index (χ4n) is 3.04. The number of hydrogen-bond acceptors (Lipinski definition) is 9. The Morgan fingerprint density at radius 2 is 1.52 bits per heavy atom. The van der Waals surface area contributed by atoms with E-state index in [1.54, 1.807) is 12.1 Å². The molecular formula is C20H24INO9. The van der Waals surface area contributed by atoms with E-state index >= 15 is 0 Å². The maximum atomic E-state index is 11.9. The summed E-state index contributed by atoms with van der Waals surface area (Å²) in [6, 6.07) is 6.02. The van der Waals surface area contributed by atoms with Crippen molar-refractivity contribution in [3.8, 4) is 5.75 Å². The summed E-state index contributed by atoms with van der Waals surface area (Å²) in [6.07, 6.45) is -4.47. The van der Waals surface area contributed by atoms with Gasteiger partial charge in [-0.1, -0.05) is 0 Å². The van der Waals surface area contributed by atoms with E-state index in [4.69, 9.17) is 23.7 Å². The predicted molar refractivity (Wildman–Crippen MR) is 114 cm³/mol. The van der Waals surface area contributed by atoms with E-state index in [1.807, 2.05) is 12.1 Å². The third kappa shape index (κ3) is 7.65. The molecule has 170 valence electrons. The van der Waals surface area contributed by atoms with Crippen molar-refractivity contribution in [1.29, 1.82) is 0 Å². The van der Waals surface area contributed by atoms with E-state index in [9.17, 15) is 19.2 Å². The van der Waals surface area contributed by atoms with Gasteiger partial charge < -0.3 is 29.0 Å². The van der Waals surface area contributed by atoms with Crippen molar-refractivity contribution in [2.24, 2.45) is 0 Å². The lowest BCUT2D eigenvalue weighted by Crippen LogP contribution is -2.67. The number of rotatable bonds is 7. The minimum Gasteiger partial charge on any atom is -0.463 e. The van der Waals surface area contributed by atoms with E-state index in [2.05, 4.69) is 27.9 Å². The van der Waals surface area contributed by atoms with Crippen LogP contribution in [0.15, 0.2) is 24.3 Å². The molecule has 1 aliphatic rings. The van der Waals surface area contributed by atoms with Crippen LogP contribution in [0.1, 0.15) is 27.7 Å². The van der Waals surface area contributed by atoms with Crippen LogP contribution in [0.3, 0.4) is 0 Å². The maximum Gasteiger partial charge on any atom is 0.303 e. The summed E-state index contributed by atoms with van der Waals surface area (Å²) in [4.78, 5) is 46.7. The van der Waals surface area contributed by atoms with E-state index in [0.717, 1.165) is 3.57 Å². The van der Waals surface area contributed by atoms with Crippen molar-refractivity contribution in [2.45, 2.75) is 58.3 Å². The highest BCUT2D eigenvalue weighted by Gasteiger charge is 2.51. The van der Waals surface area contributed by atoms with Gasteiger partial charge in [-0.3, -0.25) is 19.2 Å². The Balaban J connectivity index is 2.43. The lowest BCUT2D eigenvalue weighted by Gasteiger charge is -2.44. The number of carbonyl (C=O) groups excluding carboxylic acids is 4. The summed E-state index contributed by atoms with van der Waals surface area (Å²) in [6.45, 7) is 4.56. The first-order chi connectivity index (χ1) is 14.6. The summed E-state index contributed by atoms with van der Waals surface area (Å²) < 4.78 is 28.6. The van der Waals surface area contributed by atoms with Crippen LogP contribution in [0.4, 0.5) is 0 Å². The molecule has 1 aliphatic heterocycles. The zero-order chi connectivity index (χ0) is 23.1. The van der Waals surface area contributed by atoms with Crippen LogP contribution >= 0.6 is 22.6 Å². The zero-order valence-electron chi connectivity index (χ0n) is 17.5. The molecule has 2 rings (SSSR count). The summed E-state index contributed by atoms with van der Waals surface area (Å²) >= 11 is 2.14. The number of benzene rings is 1. The Morgan fingerprint density at radius 3 is 2.03 bits per heavy atom. The van der Waals surface area contributed by atoms with Crippen molar-refractivity contribution < 1.29 is 42.9 Å². The van der Waals surface area contributed by atoms with Gasteiger partial charge in [-0.05, 0) is 46.9 Å². The first-order valence-corrected chi connectivity index (χ1v) is 10.5. The highest BCUT2D eigenvalue weighted by molar-refractivity contribution is 14.1. The number of carbonyl (C=O) groups is 4. The molecule has 0 aromatic heterocycles. The molecule has 5 atom stereocenters. The topological polar surface area (TPSA) is 126 Å². The van der Waals surface area contributed by atoms with Crippen molar-refractivity contribution in [3.63, 3.8) is 0 Å². The van der Waals surface area contributed by atoms with Gasteiger partial charge in [0.2, 0.25) is 12.2 Å². The minimum atomic E-state index is -1.16. The van der Waals surface area contributed by atoms with Gasteiger partial charge in [-0.25, -0.2) is 0 Å². The molecule has 1 aromatic rings. The minimum absolute atomic E-state index is 0.287. The van der Waals surface area contributed by atoms with E-state index in [-0.39, 0.29) is 6.61 Å². The highest BCUT2D eigenvalue weighted by atomic mass is 127. The van der Waals surface area contributed by atoms with E-state index in [1.165, 1.54) is 27.7 Å². The van der Waals surface area contributed by atoms with Crippen LogP contribution in [0.2, 0.25) is 0 Å². The average Bonchev–Trinajstić information content (AvgIpc) is 2.65. The van der Waals surface area contributed by atoms with Crippen LogP contribution in [0.25, 0.3) is 0 Å². The Kier molecular flexibility index (Phi) is 9.04. The third-order valence-corrected chi connectivity index (χ3v) is 4.86. The summed E-state index contributed by atoms with van der Waals surface area (Å²) in [5.74, 6) is -1.93. The molecule has 1 amide bonds. The molecule has 0 spiro atoms. The first-order valence-electron chi connectivity index (χ1n) is 9.39. The summed E-state index contributed by atoms with van der Waals surface area (Å²) in [5.41, 5.74) is 0. The standard InChI is InChI=1S/C20H24INO9/c1-10(23)22-17-19(29-13(4)26)18(28-12(3)25)16(9-27-11(2)24)31-20(17)30-15-7-5-14(21)6-8-15/h5-8,16-20H,9H2,1-4H3,(H,22,23)/t16-,17+,18+,19+,20-/m1/s1. The molecule has 1 aromatic carbocycles. The fourth-order valence-corrected chi connectivity index (χ4v) is 3.40. The van der Waals surface area contributed by atoms with Gasteiger partial charge >= 0.3 is 17.9 Å². The number of halogens is 1. The molecule has 10 nitrogen and oxygen atoms in total. The van der Waals surface area contributed by atoms with Crippen LogP contribution in [-0.2, 0) is 38.1 Å². The first kappa shape index (κ1) is 24.9. The Hall–Kier alpha value is -2.41. The van der Waals surface area contributed by atoms with Crippen LogP contribution in [0.5, 0.6) is 5.75 Å². The zero-order valence-corrected chi connectivity index (χ0v) is 19.6. The van der Waals surface area contributed by atoms with E-state index in [0.29, 0.717) is 5.75 Å². The molecule has 1 N–H and O–H groups in total. The molecule has 0 unspecified atom stereocenters. The molecule has 0 aliphatic carbocycles. The molecule has 31 heavy (non-hydrogen) atoms. The highest BCUT2D eigenvalue weighted by Crippen LogP contribution is 2.29. The van der Waals surface area contributed by atoms with Gasteiger partial charge in [0.25, 0.3) is 0 Å². The number of amides is 1. The predicted octanol–water partition coefficient (Wildman–Crippen LogP) is 1.33. The lowest BCUT2D eigenvalue weighted by atomic mass is 9.96. The molecule has 11 heteroatoms. The second-order valence-corrected chi connectivity index (χ2v) is 8.04. The third-order valence-electron chi connectivity index (χ3n) is 4.14. The van der Waals surface area contributed by atoms with Crippen molar-refractivity contribution in [1.82, 2.24) is 5.32 Å². The van der Waals surface area contributed by atoms with E-state index < -0.39 is 54.5 Å². The Bertz CT molecular complexity index is 813. The number of esters is 3. The second-order valence-electron chi connectivity index (χ2n) is 6.79. The Morgan fingerprint density at radius 1 is 0.935 bits per heavy atom. The smallest absolute Gasteiger partial charge is 0.303 e. The normalized spacial score (nSPS) is 25.1. The Labute approximate surface area is 193 Å². The van der Waals surface area contributed by atoms with Gasteiger partial charge in [0.15, 0.2) is 12.2 Å². The monoisotopic (exact) mass is 549 g/mol. The van der Waals surface area contributed by atoms with Crippen LogP contribution in [-0.4, -0.2) is 61.1 Å². The SMILES string of the molecule is CC(=O)N[C@@H]1[C@H](Oc2ccc(I)cc2)O[C@H](COC(C)=O)[C@H](OC(C)=O)[C@H]1OC(C)=O. The number of hydrogen-bond donors (Lipinski definition) is 1. The molecule has 0 saturated carbocycles. The molecule has 1 heterocycles. The van der Waals surface area contributed by atoms with Crippen LogP contribution < -0.4 is 10.1 Å². The molecule has 1 fully saturated rings. The molecule has 0 radical (unpaired) electrons. The largest absolute Gasteiger partial charge is 0.463 e. The average molecular weight is 549 g/mol. The lowest BCUT2D eigenvalue weighted by molar-refractivity contribution is -0.257. The van der Waals surface area contributed by atoms with Crippen molar-refractivity contribution >= 4 is 46.4 Å². The number of ether oxygens (including phenoxy) is 5. The van der Waals surface area contributed by atoms with Crippen LogP contribution in [0, 0.1) is 3.57 Å². The fraction of sp³-hybridized carbons (Fsp3) is 0.500. The second kappa shape index (κ2) is 11.3.